The standard InChI is InChI=1S/C21H31N3O2S/c1-6-7-12-22-14-18(25)23-20-24-19(21(2,3)4)17(27-20)13-15-8-10-16(26-5)11-9-15/h8-11,22H,6-7,12-14H2,1-5H3,(H,23,24,25). The van der Waals surface area contributed by atoms with Crippen LogP contribution in [-0.4, -0.2) is 31.1 Å². The third-order valence-corrected chi connectivity index (χ3v) is 5.14. The van der Waals surface area contributed by atoms with Crippen molar-refractivity contribution in [2.75, 3.05) is 25.5 Å². The fraction of sp³-hybridized carbons (Fsp3) is 0.524. The van der Waals surface area contributed by atoms with Crippen LogP contribution in [0.2, 0.25) is 0 Å². The lowest BCUT2D eigenvalue weighted by Crippen LogP contribution is -2.28. The summed E-state index contributed by atoms with van der Waals surface area (Å²) in [5, 5.41) is 6.78. The van der Waals surface area contributed by atoms with Crippen molar-refractivity contribution >= 4 is 22.4 Å². The molecule has 2 N–H and O–H groups in total. The second-order valence-corrected chi connectivity index (χ2v) is 8.73. The number of nitrogens with zero attached hydrogens (tertiary/aromatic N) is 1. The Balaban J connectivity index is 2.10. The number of nitrogens with one attached hydrogen (secondary N) is 2. The van der Waals surface area contributed by atoms with Crippen molar-refractivity contribution < 1.29 is 9.53 Å². The average molecular weight is 390 g/mol. The van der Waals surface area contributed by atoms with Gasteiger partial charge in [0.2, 0.25) is 5.91 Å². The second kappa shape index (κ2) is 9.85. The van der Waals surface area contributed by atoms with Crippen LogP contribution >= 0.6 is 11.3 Å². The Hall–Kier alpha value is -1.92. The Kier molecular flexibility index (Phi) is 7.80. The molecule has 5 nitrogen and oxygen atoms in total. The summed E-state index contributed by atoms with van der Waals surface area (Å²) in [5.74, 6) is 0.805. The smallest absolute Gasteiger partial charge is 0.240 e. The van der Waals surface area contributed by atoms with Crippen molar-refractivity contribution in [2.45, 2.75) is 52.4 Å². The third kappa shape index (κ3) is 6.63. The molecule has 0 unspecified atom stereocenters. The number of thiazole rings is 1. The van der Waals surface area contributed by atoms with Gasteiger partial charge in [0.15, 0.2) is 5.13 Å². The lowest BCUT2D eigenvalue weighted by atomic mass is 9.90. The van der Waals surface area contributed by atoms with Crippen LogP contribution in [0, 0.1) is 0 Å². The van der Waals surface area contributed by atoms with Gasteiger partial charge in [-0.1, -0.05) is 46.2 Å². The summed E-state index contributed by atoms with van der Waals surface area (Å²) in [6.07, 6.45) is 2.98. The van der Waals surface area contributed by atoms with E-state index in [0.717, 1.165) is 37.3 Å². The van der Waals surface area contributed by atoms with Gasteiger partial charge in [-0.2, -0.15) is 0 Å². The Morgan fingerprint density at radius 3 is 2.52 bits per heavy atom. The first-order valence-electron chi connectivity index (χ1n) is 9.47. The third-order valence-electron chi connectivity index (χ3n) is 4.17. The van der Waals surface area contributed by atoms with E-state index in [9.17, 15) is 4.79 Å². The molecule has 6 heteroatoms. The number of unbranched alkanes of at least 4 members (excludes halogenated alkanes) is 1. The van der Waals surface area contributed by atoms with Crippen LogP contribution in [0.25, 0.3) is 0 Å². The Morgan fingerprint density at radius 2 is 1.93 bits per heavy atom. The summed E-state index contributed by atoms with van der Waals surface area (Å²) in [6, 6.07) is 8.08. The van der Waals surface area contributed by atoms with E-state index in [2.05, 4.69) is 50.5 Å². The lowest BCUT2D eigenvalue weighted by molar-refractivity contribution is -0.115. The molecule has 0 radical (unpaired) electrons. The SMILES string of the molecule is CCCCNCC(=O)Nc1nc(C(C)(C)C)c(Cc2ccc(OC)cc2)s1. The quantitative estimate of drug-likeness (QED) is 0.625. The van der Waals surface area contributed by atoms with Gasteiger partial charge in [0.05, 0.1) is 19.3 Å². The zero-order valence-electron chi connectivity index (χ0n) is 17.0. The van der Waals surface area contributed by atoms with Gasteiger partial charge in [-0.05, 0) is 30.7 Å². The highest BCUT2D eigenvalue weighted by molar-refractivity contribution is 7.15. The maximum absolute atomic E-state index is 12.2. The molecule has 1 heterocycles. The number of methoxy groups -OCH3 is 1. The van der Waals surface area contributed by atoms with Crippen LogP contribution in [0.1, 0.15) is 56.7 Å². The van der Waals surface area contributed by atoms with E-state index in [1.54, 1.807) is 18.4 Å². The van der Waals surface area contributed by atoms with E-state index in [-0.39, 0.29) is 11.3 Å². The molecule has 0 saturated heterocycles. The van der Waals surface area contributed by atoms with E-state index in [4.69, 9.17) is 9.72 Å². The predicted octanol–water partition coefficient (Wildman–Crippen LogP) is 4.37. The zero-order valence-corrected chi connectivity index (χ0v) is 17.8. The molecule has 0 atom stereocenters. The van der Waals surface area contributed by atoms with Gasteiger partial charge in [-0.15, -0.1) is 11.3 Å². The van der Waals surface area contributed by atoms with Gasteiger partial charge >= 0.3 is 0 Å². The normalized spacial score (nSPS) is 11.4. The molecule has 0 aliphatic rings. The van der Waals surface area contributed by atoms with Crippen LogP contribution < -0.4 is 15.4 Å². The number of benzene rings is 1. The average Bonchev–Trinajstić information content (AvgIpc) is 3.02. The molecule has 0 bridgehead atoms. The number of carbonyl (C=O) groups is 1. The molecule has 148 valence electrons. The Labute approximate surface area is 166 Å². The molecule has 0 spiro atoms. The number of hydrogen-bond acceptors (Lipinski definition) is 5. The van der Waals surface area contributed by atoms with Gasteiger partial charge in [0.1, 0.15) is 5.75 Å². The number of amides is 1. The molecule has 27 heavy (non-hydrogen) atoms. The van der Waals surface area contributed by atoms with Crippen molar-refractivity contribution in [1.29, 1.82) is 0 Å². The first-order chi connectivity index (χ1) is 12.8. The molecule has 1 aromatic heterocycles. The van der Waals surface area contributed by atoms with Crippen molar-refractivity contribution in [3.63, 3.8) is 0 Å². The first-order valence-corrected chi connectivity index (χ1v) is 10.3. The Bertz CT molecular complexity index is 733. The predicted molar refractivity (Wildman–Crippen MR) is 113 cm³/mol. The van der Waals surface area contributed by atoms with E-state index in [0.29, 0.717) is 11.7 Å². The van der Waals surface area contributed by atoms with E-state index in [1.165, 1.54) is 10.4 Å². The summed E-state index contributed by atoms with van der Waals surface area (Å²) in [4.78, 5) is 18.1. The molecule has 1 amide bonds. The molecule has 2 rings (SSSR count). The van der Waals surface area contributed by atoms with Crippen molar-refractivity contribution in [2.24, 2.45) is 0 Å². The van der Waals surface area contributed by atoms with E-state index in [1.807, 2.05) is 12.1 Å². The fourth-order valence-electron chi connectivity index (χ4n) is 2.71. The summed E-state index contributed by atoms with van der Waals surface area (Å²) in [6.45, 7) is 9.76. The minimum atomic E-state index is -0.0827. The maximum atomic E-state index is 12.2. The van der Waals surface area contributed by atoms with Crippen molar-refractivity contribution in [3.8, 4) is 5.75 Å². The molecule has 0 aliphatic heterocycles. The summed E-state index contributed by atoms with van der Waals surface area (Å²) in [7, 11) is 1.67. The maximum Gasteiger partial charge on any atom is 0.240 e. The molecule has 2 aromatic rings. The molecule has 1 aromatic carbocycles. The Morgan fingerprint density at radius 1 is 1.22 bits per heavy atom. The van der Waals surface area contributed by atoms with Gasteiger partial charge in [-0.25, -0.2) is 4.98 Å². The van der Waals surface area contributed by atoms with Gasteiger partial charge in [-0.3, -0.25) is 4.79 Å². The number of hydrogen-bond donors (Lipinski definition) is 2. The summed E-state index contributed by atoms with van der Waals surface area (Å²) < 4.78 is 5.23. The molecule has 0 aliphatic carbocycles. The molecule has 0 saturated carbocycles. The van der Waals surface area contributed by atoms with Crippen LogP contribution in [0.4, 0.5) is 5.13 Å². The van der Waals surface area contributed by atoms with Crippen LogP contribution in [0.3, 0.4) is 0 Å². The monoisotopic (exact) mass is 389 g/mol. The fourth-order valence-corrected chi connectivity index (χ4v) is 3.93. The zero-order chi connectivity index (χ0) is 19.9. The minimum absolute atomic E-state index is 0.0451. The number of carbonyl (C=O) groups excluding carboxylic acids is 1. The summed E-state index contributed by atoms with van der Waals surface area (Å²) in [5.41, 5.74) is 2.15. The van der Waals surface area contributed by atoms with Crippen LogP contribution in [0.15, 0.2) is 24.3 Å². The van der Waals surface area contributed by atoms with Crippen molar-refractivity contribution in [3.05, 3.63) is 40.4 Å². The highest BCUT2D eigenvalue weighted by Crippen LogP contribution is 2.33. The number of ether oxygens (including phenoxy) is 1. The first kappa shape index (κ1) is 21.4. The number of anilines is 1. The van der Waals surface area contributed by atoms with Crippen molar-refractivity contribution in [1.82, 2.24) is 10.3 Å². The van der Waals surface area contributed by atoms with E-state index < -0.39 is 0 Å². The number of rotatable bonds is 9. The van der Waals surface area contributed by atoms with Crippen LogP contribution in [-0.2, 0) is 16.6 Å². The summed E-state index contributed by atoms with van der Waals surface area (Å²) >= 11 is 1.56. The van der Waals surface area contributed by atoms with Crippen LogP contribution in [0.5, 0.6) is 5.75 Å². The second-order valence-electron chi connectivity index (χ2n) is 7.64. The van der Waals surface area contributed by atoms with Gasteiger partial charge in [0.25, 0.3) is 0 Å². The highest BCUT2D eigenvalue weighted by atomic mass is 32.1. The van der Waals surface area contributed by atoms with Gasteiger partial charge in [0, 0.05) is 16.7 Å². The molecule has 0 fully saturated rings. The molecular formula is C21H31N3O2S. The largest absolute Gasteiger partial charge is 0.497 e. The van der Waals surface area contributed by atoms with E-state index >= 15 is 0 Å². The number of aromatic nitrogens is 1. The molecular weight excluding hydrogens is 358 g/mol. The minimum Gasteiger partial charge on any atom is -0.497 e. The lowest BCUT2D eigenvalue weighted by Gasteiger charge is -2.17. The highest BCUT2D eigenvalue weighted by Gasteiger charge is 2.24. The topological polar surface area (TPSA) is 63.2 Å². The van der Waals surface area contributed by atoms with Gasteiger partial charge < -0.3 is 15.4 Å².